The number of hydrogen-bond donors (Lipinski definition) is 1. The Balaban J connectivity index is 1.62. The van der Waals surface area contributed by atoms with Gasteiger partial charge in [0, 0.05) is 12.2 Å². The number of halogens is 3. The SMILES string of the molecule is COc1ccc(OC)c(-c2cc(CNC(=O)c3ccccc3OC(F)(F)F)nn2C2CCCCO2)c1. The second kappa shape index (κ2) is 10.9. The maximum atomic E-state index is 12.7. The maximum Gasteiger partial charge on any atom is 0.573 e. The van der Waals surface area contributed by atoms with Crippen LogP contribution in [0.4, 0.5) is 13.2 Å². The van der Waals surface area contributed by atoms with Gasteiger partial charge in [0.2, 0.25) is 0 Å². The molecule has 1 saturated heterocycles. The van der Waals surface area contributed by atoms with Crippen LogP contribution in [0.15, 0.2) is 48.5 Å². The fraction of sp³-hybridized carbons (Fsp3) is 0.360. The molecule has 3 aromatic rings. The van der Waals surface area contributed by atoms with Gasteiger partial charge >= 0.3 is 6.36 Å². The number of aromatic nitrogens is 2. The molecular formula is C25H26F3N3O5. The van der Waals surface area contributed by atoms with Gasteiger partial charge in [0.05, 0.1) is 37.7 Å². The van der Waals surface area contributed by atoms with Crippen molar-refractivity contribution in [2.45, 2.75) is 38.4 Å². The highest BCUT2D eigenvalue weighted by Gasteiger charge is 2.33. The predicted molar refractivity (Wildman–Crippen MR) is 124 cm³/mol. The fourth-order valence-corrected chi connectivity index (χ4v) is 4.02. The van der Waals surface area contributed by atoms with Gasteiger partial charge in [0.1, 0.15) is 17.2 Å². The Bertz CT molecular complexity index is 1210. The first kappa shape index (κ1) is 25.4. The first-order chi connectivity index (χ1) is 17.3. The molecule has 1 atom stereocenters. The summed E-state index contributed by atoms with van der Waals surface area (Å²) in [7, 11) is 3.12. The monoisotopic (exact) mass is 505 g/mol. The van der Waals surface area contributed by atoms with Gasteiger partial charge in [-0.05, 0) is 55.7 Å². The summed E-state index contributed by atoms with van der Waals surface area (Å²) in [6.45, 7) is 0.569. The fourth-order valence-electron chi connectivity index (χ4n) is 4.02. The largest absolute Gasteiger partial charge is 0.573 e. The molecule has 4 rings (SSSR count). The smallest absolute Gasteiger partial charge is 0.497 e. The minimum atomic E-state index is -4.92. The summed E-state index contributed by atoms with van der Waals surface area (Å²) >= 11 is 0. The van der Waals surface area contributed by atoms with Crippen LogP contribution in [-0.4, -0.2) is 42.9 Å². The number of carbonyl (C=O) groups excluding carboxylic acids is 1. The lowest BCUT2D eigenvalue weighted by Gasteiger charge is -2.25. The number of ether oxygens (including phenoxy) is 4. The lowest BCUT2D eigenvalue weighted by Crippen LogP contribution is -2.26. The zero-order valence-corrected chi connectivity index (χ0v) is 19.8. The summed E-state index contributed by atoms with van der Waals surface area (Å²) < 4.78 is 60.8. The Labute approximate surface area is 205 Å². The minimum absolute atomic E-state index is 0.0296. The zero-order valence-electron chi connectivity index (χ0n) is 19.8. The van der Waals surface area contributed by atoms with Crippen LogP contribution in [0.2, 0.25) is 0 Å². The van der Waals surface area contributed by atoms with Crippen LogP contribution >= 0.6 is 0 Å². The van der Waals surface area contributed by atoms with E-state index in [1.165, 1.54) is 18.2 Å². The molecule has 8 nitrogen and oxygen atoms in total. The van der Waals surface area contributed by atoms with E-state index < -0.39 is 18.0 Å². The normalized spacial score (nSPS) is 15.9. The van der Waals surface area contributed by atoms with E-state index in [2.05, 4.69) is 15.2 Å². The van der Waals surface area contributed by atoms with Gasteiger partial charge in [-0.25, -0.2) is 4.68 Å². The third kappa shape index (κ3) is 5.91. The molecule has 36 heavy (non-hydrogen) atoms. The Morgan fingerprint density at radius 1 is 1.11 bits per heavy atom. The molecule has 1 fully saturated rings. The van der Waals surface area contributed by atoms with Crippen LogP contribution in [0.3, 0.4) is 0 Å². The molecule has 1 aromatic heterocycles. The van der Waals surface area contributed by atoms with Gasteiger partial charge in [-0.2, -0.15) is 5.10 Å². The quantitative estimate of drug-likeness (QED) is 0.459. The lowest BCUT2D eigenvalue weighted by molar-refractivity contribution is -0.274. The molecule has 1 aliphatic rings. The summed E-state index contributed by atoms with van der Waals surface area (Å²) in [4.78, 5) is 12.7. The summed E-state index contributed by atoms with van der Waals surface area (Å²) in [5, 5.41) is 7.29. The highest BCUT2D eigenvalue weighted by molar-refractivity contribution is 5.96. The molecule has 0 radical (unpaired) electrons. The van der Waals surface area contributed by atoms with Crippen molar-refractivity contribution in [1.29, 1.82) is 0 Å². The third-order valence-corrected chi connectivity index (χ3v) is 5.68. The second-order valence-corrected chi connectivity index (χ2v) is 8.08. The van der Waals surface area contributed by atoms with Crippen molar-refractivity contribution in [3.05, 3.63) is 59.8 Å². The molecule has 2 aromatic carbocycles. The molecule has 2 heterocycles. The zero-order chi connectivity index (χ0) is 25.7. The Morgan fingerprint density at radius 2 is 1.92 bits per heavy atom. The molecule has 0 bridgehead atoms. The summed E-state index contributed by atoms with van der Waals surface area (Å²) in [6.07, 6.45) is -2.54. The van der Waals surface area contributed by atoms with Crippen molar-refractivity contribution in [3.63, 3.8) is 0 Å². The lowest BCUT2D eigenvalue weighted by atomic mass is 10.1. The molecule has 1 N–H and O–H groups in total. The number of nitrogens with zero attached hydrogens (tertiary/aromatic N) is 2. The molecule has 192 valence electrons. The van der Waals surface area contributed by atoms with Crippen molar-refractivity contribution in [1.82, 2.24) is 15.1 Å². The number of benzene rings is 2. The molecule has 1 aliphatic heterocycles. The standard InChI is InChI=1S/C25H26F3N3O5/c1-33-17-10-11-21(34-2)19(14-17)20-13-16(30-31(20)23-9-5-6-12-35-23)15-29-24(32)18-7-3-4-8-22(18)36-25(26,27)28/h3-4,7-8,10-11,13-14,23H,5-6,9,12,15H2,1-2H3,(H,29,32). The van der Waals surface area contributed by atoms with Crippen molar-refractivity contribution in [3.8, 4) is 28.5 Å². The number of nitrogens with one attached hydrogen (secondary N) is 1. The van der Waals surface area contributed by atoms with E-state index >= 15 is 0 Å². The van der Waals surface area contributed by atoms with E-state index in [1.807, 2.05) is 6.07 Å². The molecule has 0 saturated carbocycles. The minimum Gasteiger partial charge on any atom is -0.497 e. The first-order valence-electron chi connectivity index (χ1n) is 11.3. The average molecular weight is 505 g/mol. The number of para-hydroxylation sites is 1. The van der Waals surface area contributed by atoms with Crippen LogP contribution in [-0.2, 0) is 11.3 Å². The third-order valence-electron chi connectivity index (χ3n) is 5.68. The van der Waals surface area contributed by atoms with E-state index in [0.717, 1.165) is 30.9 Å². The van der Waals surface area contributed by atoms with Gasteiger partial charge in [0.25, 0.3) is 5.91 Å². The van der Waals surface area contributed by atoms with Crippen LogP contribution in [0.25, 0.3) is 11.3 Å². The summed E-state index contributed by atoms with van der Waals surface area (Å²) in [5.74, 6) is -0.0786. The molecule has 11 heteroatoms. The van der Waals surface area contributed by atoms with Gasteiger partial charge in [-0.15, -0.1) is 13.2 Å². The van der Waals surface area contributed by atoms with E-state index in [-0.39, 0.29) is 18.3 Å². The first-order valence-corrected chi connectivity index (χ1v) is 11.3. The molecule has 0 spiro atoms. The maximum absolute atomic E-state index is 12.7. The van der Waals surface area contributed by atoms with E-state index in [4.69, 9.17) is 14.2 Å². The van der Waals surface area contributed by atoms with Gasteiger partial charge < -0.3 is 24.3 Å². The number of methoxy groups -OCH3 is 2. The molecule has 1 unspecified atom stereocenters. The van der Waals surface area contributed by atoms with Crippen LogP contribution < -0.4 is 19.5 Å². The molecule has 1 amide bonds. The van der Waals surface area contributed by atoms with Crippen molar-refractivity contribution >= 4 is 5.91 Å². The summed E-state index contributed by atoms with van der Waals surface area (Å²) in [6, 6.07) is 12.3. The number of carbonyl (C=O) groups is 1. The van der Waals surface area contributed by atoms with Gasteiger partial charge in [0.15, 0.2) is 6.23 Å². The number of hydrogen-bond acceptors (Lipinski definition) is 6. The van der Waals surface area contributed by atoms with Gasteiger partial charge in [-0.1, -0.05) is 12.1 Å². The highest BCUT2D eigenvalue weighted by atomic mass is 19.4. The van der Waals surface area contributed by atoms with E-state index in [1.54, 1.807) is 37.1 Å². The molecule has 0 aliphatic carbocycles. The topological polar surface area (TPSA) is 83.8 Å². The summed E-state index contributed by atoms with van der Waals surface area (Å²) in [5.41, 5.74) is 1.67. The van der Waals surface area contributed by atoms with Crippen molar-refractivity contribution in [2.75, 3.05) is 20.8 Å². The van der Waals surface area contributed by atoms with Gasteiger partial charge in [-0.3, -0.25) is 4.79 Å². The number of amides is 1. The van der Waals surface area contributed by atoms with Crippen molar-refractivity contribution in [2.24, 2.45) is 0 Å². The average Bonchev–Trinajstić information content (AvgIpc) is 3.31. The van der Waals surface area contributed by atoms with E-state index in [0.29, 0.717) is 29.5 Å². The van der Waals surface area contributed by atoms with Crippen LogP contribution in [0.5, 0.6) is 17.2 Å². The second-order valence-electron chi connectivity index (χ2n) is 8.08. The number of alkyl halides is 3. The van der Waals surface area contributed by atoms with Crippen LogP contribution in [0, 0.1) is 0 Å². The Morgan fingerprint density at radius 3 is 2.61 bits per heavy atom. The Hall–Kier alpha value is -3.73. The Kier molecular flexibility index (Phi) is 7.68. The number of rotatable bonds is 8. The highest BCUT2D eigenvalue weighted by Crippen LogP contribution is 2.37. The van der Waals surface area contributed by atoms with E-state index in [9.17, 15) is 18.0 Å². The van der Waals surface area contributed by atoms with Crippen LogP contribution in [0.1, 0.15) is 41.5 Å². The predicted octanol–water partition coefficient (Wildman–Crippen LogP) is 5.10. The molecular weight excluding hydrogens is 479 g/mol. The van der Waals surface area contributed by atoms with Crippen molar-refractivity contribution < 1.29 is 36.9 Å².